The molecule has 1 aliphatic rings. The van der Waals surface area contributed by atoms with Crippen molar-refractivity contribution in [2.45, 2.75) is 36.6 Å². The van der Waals surface area contributed by atoms with Crippen molar-refractivity contribution in [1.29, 1.82) is 0 Å². The second kappa shape index (κ2) is 6.97. The lowest BCUT2D eigenvalue weighted by Crippen LogP contribution is -2.40. The maximum absolute atomic E-state index is 12.8. The monoisotopic (exact) mass is 399 g/mol. The topological polar surface area (TPSA) is 37.4 Å². The van der Waals surface area contributed by atoms with Crippen LogP contribution in [0.25, 0.3) is 0 Å². The van der Waals surface area contributed by atoms with Crippen LogP contribution in [0.5, 0.6) is 0 Å². The highest BCUT2D eigenvalue weighted by atomic mass is 79.9. The van der Waals surface area contributed by atoms with Crippen molar-refractivity contribution >= 4 is 49.2 Å². The molecule has 0 unspecified atom stereocenters. The maximum atomic E-state index is 12.8. The summed E-state index contributed by atoms with van der Waals surface area (Å²) >= 11 is 15.3. The zero-order valence-corrected chi connectivity index (χ0v) is 14.8. The fraction of sp³-hybridized carbons (Fsp3) is 0.538. The average molecular weight is 401 g/mol. The molecule has 1 fully saturated rings. The molecular weight excluding hydrogens is 385 g/mol. The highest BCUT2D eigenvalue weighted by Gasteiger charge is 2.34. The third kappa shape index (κ3) is 3.50. The zero-order chi connectivity index (χ0) is 14.8. The number of halogens is 3. The van der Waals surface area contributed by atoms with Gasteiger partial charge in [-0.25, -0.2) is 8.42 Å². The van der Waals surface area contributed by atoms with E-state index in [9.17, 15) is 8.42 Å². The van der Waals surface area contributed by atoms with Crippen LogP contribution in [0, 0.1) is 0 Å². The minimum Gasteiger partial charge on any atom is -0.207 e. The Balaban J connectivity index is 2.41. The zero-order valence-electron chi connectivity index (χ0n) is 10.9. The Morgan fingerprint density at radius 2 is 1.90 bits per heavy atom. The summed E-state index contributed by atoms with van der Waals surface area (Å²) in [6.45, 7) is 0.440. The number of hydrogen-bond acceptors (Lipinski definition) is 2. The summed E-state index contributed by atoms with van der Waals surface area (Å²) in [6.07, 6.45) is 3.96. The first-order valence-corrected chi connectivity index (χ1v) is 9.81. The summed E-state index contributed by atoms with van der Waals surface area (Å²) in [5.41, 5.74) is 0. The van der Waals surface area contributed by atoms with Gasteiger partial charge < -0.3 is 0 Å². The van der Waals surface area contributed by atoms with Gasteiger partial charge in [0.15, 0.2) is 0 Å². The molecule has 20 heavy (non-hydrogen) atoms. The van der Waals surface area contributed by atoms with Gasteiger partial charge in [-0.15, -0.1) is 0 Å². The van der Waals surface area contributed by atoms with E-state index in [4.69, 9.17) is 23.2 Å². The van der Waals surface area contributed by atoms with E-state index >= 15 is 0 Å². The lowest BCUT2D eigenvalue weighted by Gasteiger charge is -2.27. The van der Waals surface area contributed by atoms with Crippen LogP contribution in [-0.2, 0) is 10.0 Å². The molecule has 1 aromatic rings. The van der Waals surface area contributed by atoms with E-state index in [2.05, 4.69) is 15.9 Å². The molecule has 0 N–H and O–H groups in total. The lowest BCUT2D eigenvalue weighted by atomic mass is 10.2. The molecule has 0 radical (unpaired) electrons. The number of nitrogens with zero attached hydrogens (tertiary/aromatic N) is 1. The third-order valence-corrected chi connectivity index (χ3v) is 6.54. The lowest BCUT2D eigenvalue weighted by molar-refractivity contribution is 0.338. The molecule has 3 nitrogen and oxygen atoms in total. The molecule has 0 aliphatic heterocycles. The van der Waals surface area contributed by atoms with Crippen LogP contribution in [0.1, 0.15) is 25.7 Å². The van der Waals surface area contributed by atoms with Crippen LogP contribution in [0.4, 0.5) is 0 Å². The molecule has 1 aliphatic carbocycles. The van der Waals surface area contributed by atoms with Crippen LogP contribution in [0.3, 0.4) is 0 Å². The Morgan fingerprint density at radius 3 is 2.50 bits per heavy atom. The first-order valence-electron chi connectivity index (χ1n) is 6.49. The highest BCUT2D eigenvalue weighted by Crippen LogP contribution is 2.32. The molecule has 0 heterocycles. The summed E-state index contributed by atoms with van der Waals surface area (Å²) < 4.78 is 27.3. The molecule has 0 saturated heterocycles. The molecule has 0 amide bonds. The molecular formula is C13H16BrCl2NO2S. The smallest absolute Gasteiger partial charge is 0.207 e. The molecule has 0 bridgehead atoms. The van der Waals surface area contributed by atoms with Crippen molar-refractivity contribution in [1.82, 2.24) is 4.31 Å². The fourth-order valence-electron chi connectivity index (χ4n) is 2.58. The van der Waals surface area contributed by atoms with Gasteiger partial charge in [-0.05, 0) is 31.0 Å². The van der Waals surface area contributed by atoms with E-state index in [1.165, 1.54) is 12.1 Å². The van der Waals surface area contributed by atoms with Crippen molar-refractivity contribution in [3.8, 4) is 0 Å². The van der Waals surface area contributed by atoms with Crippen molar-refractivity contribution in [3.63, 3.8) is 0 Å². The van der Waals surface area contributed by atoms with Gasteiger partial charge >= 0.3 is 0 Å². The van der Waals surface area contributed by atoms with Crippen LogP contribution >= 0.6 is 39.1 Å². The summed E-state index contributed by atoms with van der Waals surface area (Å²) in [5.74, 6) is 0. The Bertz CT molecular complexity index is 574. The van der Waals surface area contributed by atoms with E-state index in [1.54, 1.807) is 10.4 Å². The van der Waals surface area contributed by atoms with Gasteiger partial charge in [0.1, 0.15) is 4.90 Å². The minimum absolute atomic E-state index is 0.0626. The molecule has 0 atom stereocenters. The quantitative estimate of drug-likeness (QED) is 0.690. The van der Waals surface area contributed by atoms with Crippen LogP contribution in [0.2, 0.25) is 10.0 Å². The van der Waals surface area contributed by atoms with E-state index in [0.717, 1.165) is 25.7 Å². The molecule has 0 spiro atoms. The van der Waals surface area contributed by atoms with Gasteiger partial charge in [-0.2, -0.15) is 4.31 Å². The number of rotatable bonds is 5. The predicted octanol–water partition coefficient (Wildman–Crippen LogP) is 4.32. The molecule has 0 aromatic heterocycles. The average Bonchev–Trinajstić information content (AvgIpc) is 2.92. The van der Waals surface area contributed by atoms with E-state index in [0.29, 0.717) is 16.9 Å². The van der Waals surface area contributed by atoms with Crippen molar-refractivity contribution in [2.24, 2.45) is 0 Å². The summed E-state index contributed by atoms with van der Waals surface area (Å²) in [4.78, 5) is 0.0968. The Labute approximate surface area is 138 Å². The van der Waals surface area contributed by atoms with Crippen molar-refractivity contribution < 1.29 is 8.42 Å². The largest absolute Gasteiger partial charge is 0.244 e. The van der Waals surface area contributed by atoms with Gasteiger partial charge in [0.25, 0.3) is 0 Å². The van der Waals surface area contributed by atoms with Gasteiger partial charge in [-0.1, -0.05) is 52.0 Å². The Hall–Kier alpha value is 0.190. The molecule has 112 valence electrons. The molecule has 1 aromatic carbocycles. The summed E-state index contributed by atoms with van der Waals surface area (Å²) in [6, 6.07) is 4.60. The van der Waals surface area contributed by atoms with E-state index in [1.807, 2.05) is 0 Å². The second-order valence-corrected chi connectivity index (χ2v) is 8.31. The minimum atomic E-state index is -3.61. The maximum Gasteiger partial charge on any atom is 0.244 e. The van der Waals surface area contributed by atoms with E-state index in [-0.39, 0.29) is 16.0 Å². The molecule has 2 rings (SSSR count). The van der Waals surface area contributed by atoms with Crippen molar-refractivity contribution in [3.05, 3.63) is 28.2 Å². The highest BCUT2D eigenvalue weighted by molar-refractivity contribution is 9.09. The first-order chi connectivity index (χ1) is 9.46. The van der Waals surface area contributed by atoms with Crippen molar-refractivity contribution in [2.75, 3.05) is 11.9 Å². The van der Waals surface area contributed by atoms with Gasteiger partial charge in [-0.3, -0.25) is 0 Å². The summed E-state index contributed by atoms with van der Waals surface area (Å²) in [7, 11) is -3.61. The standard InChI is InChI=1S/C13H16BrCl2NO2S/c14-7-8-17(11-3-1-2-4-11)20(18,19)13-9-10(15)5-6-12(13)16/h5-6,9,11H,1-4,7-8H2. The van der Waals surface area contributed by atoms with Gasteiger partial charge in [0, 0.05) is 22.9 Å². The SMILES string of the molecule is O=S(=O)(c1cc(Cl)ccc1Cl)N(CCBr)C1CCCC1. The number of alkyl halides is 1. The number of benzene rings is 1. The normalized spacial score (nSPS) is 17.0. The summed E-state index contributed by atoms with van der Waals surface area (Å²) in [5, 5.41) is 1.19. The molecule has 1 saturated carbocycles. The molecule has 7 heteroatoms. The number of hydrogen-bond donors (Lipinski definition) is 0. The Kier molecular flexibility index (Phi) is 5.77. The first kappa shape index (κ1) is 16.6. The predicted molar refractivity (Wildman–Crippen MR) is 86.4 cm³/mol. The Morgan fingerprint density at radius 1 is 1.25 bits per heavy atom. The van der Waals surface area contributed by atoms with Gasteiger partial charge in [0.2, 0.25) is 10.0 Å². The fourth-order valence-corrected chi connectivity index (χ4v) is 5.62. The van der Waals surface area contributed by atoms with Crippen LogP contribution in [0.15, 0.2) is 23.1 Å². The third-order valence-electron chi connectivity index (χ3n) is 3.52. The van der Waals surface area contributed by atoms with E-state index < -0.39 is 10.0 Å². The second-order valence-electron chi connectivity index (χ2n) is 4.82. The number of sulfonamides is 1. The van der Waals surface area contributed by atoms with Gasteiger partial charge in [0.05, 0.1) is 5.02 Å². The van der Waals surface area contributed by atoms with Crippen LogP contribution < -0.4 is 0 Å². The van der Waals surface area contributed by atoms with Crippen LogP contribution in [-0.4, -0.2) is 30.6 Å².